The molecule has 10 heteroatoms. The zero-order valence-electron chi connectivity index (χ0n) is 25.1. The minimum absolute atomic E-state index is 0.0374. The molecule has 1 amide bonds. The van der Waals surface area contributed by atoms with Crippen molar-refractivity contribution in [3.05, 3.63) is 66.4 Å². The number of nitriles is 1. The molecule has 4 heterocycles. The highest BCUT2D eigenvalue weighted by Crippen LogP contribution is 2.57. The van der Waals surface area contributed by atoms with Crippen molar-refractivity contribution in [1.29, 1.82) is 5.26 Å². The molecule has 0 bridgehead atoms. The highest BCUT2D eigenvalue weighted by molar-refractivity contribution is 5.94. The number of aromatic nitrogens is 2. The van der Waals surface area contributed by atoms with Gasteiger partial charge in [-0.15, -0.1) is 0 Å². The number of carbonyl (C=O) groups excluding carboxylic acids is 1. The van der Waals surface area contributed by atoms with Crippen LogP contribution in [0.25, 0.3) is 10.8 Å². The molecule has 10 nitrogen and oxygen atoms in total. The van der Waals surface area contributed by atoms with Gasteiger partial charge in [0.25, 0.3) is 0 Å². The predicted octanol–water partition coefficient (Wildman–Crippen LogP) is 3.14. The second-order valence-electron chi connectivity index (χ2n) is 12.4. The van der Waals surface area contributed by atoms with Gasteiger partial charge in [-0.1, -0.05) is 43.0 Å². The Balaban J connectivity index is 1.14. The van der Waals surface area contributed by atoms with E-state index in [-0.39, 0.29) is 30.5 Å². The van der Waals surface area contributed by atoms with Gasteiger partial charge in [-0.05, 0) is 42.7 Å². The maximum atomic E-state index is 12.5. The van der Waals surface area contributed by atoms with E-state index in [4.69, 9.17) is 14.7 Å². The van der Waals surface area contributed by atoms with E-state index in [0.717, 1.165) is 56.0 Å². The first-order chi connectivity index (χ1) is 21.5. The highest BCUT2D eigenvalue weighted by Gasteiger charge is 2.65. The van der Waals surface area contributed by atoms with Crippen molar-refractivity contribution in [1.82, 2.24) is 19.8 Å². The summed E-state index contributed by atoms with van der Waals surface area (Å²) in [5.41, 5.74) is 3.29. The number of likely N-dealkylation sites (tertiary alicyclic amines) is 1. The lowest BCUT2D eigenvalue weighted by Gasteiger charge is -2.42. The molecule has 2 saturated heterocycles. The zero-order chi connectivity index (χ0) is 30.3. The smallest absolute Gasteiger partial charge is 0.318 e. The van der Waals surface area contributed by atoms with Crippen LogP contribution in [0, 0.1) is 17.2 Å². The number of rotatable bonds is 10. The van der Waals surface area contributed by atoms with Crippen LogP contribution in [0.1, 0.15) is 30.5 Å². The van der Waals surface area contributed by atoms with Gasteiger partial charge in [0.1, 0.15) is 5.82 Å². The molecule has 3 atom stereocenters. The summed E-state index contributed by atoms with van der Waals surface area (Å²) in [7, 11) is 0. The summed E-state index contributed by atoms with van der Waals surface area (Å²) in [5, 5.41) is 21.7. The maximum absolute atomic E-state index is 12.5. The fourth-order valence-electron chi connectivity index (χ4n) is 7.49. The molecule has 0 radical (unpaired) electrons. The highest BCUT2D eigenvalue weighted by atomic mass is 16.5. The number of hydrogen-bond donors (Lipinski definition) is 1. The minimum atomic E-state index is -0.244. The normalized spacial score (nSPS) is 24.2. The fraction of sp³-hybridized carbons (Fsp3) is 0.471. The Bertz CT molecular complexity index is 1610. The molecule has 1 saturated carbocycles. The molecule has 1 N–H and O–H groups in total. The molecule has 1 aromatic heterocycles. The molecule has 3 aliphatic heterocycles. The van der Waals surface area contributed by atoms with Gasteiger partial charge in [0, 0.05) is 61.4 Å². The number of anilines is 2. The van der Waals surface area contributed by atoms with E-state index in [2.05, 4.69) is 69.8 Å². The lowest BCUT2D eigenvalue weighted by atomic mass is 10.0. The molecular formula is C34H39N7O3. The number of hydrogen-bond acceptors (Lipinski definition) is 9. The quantitative estimate of drug-likeness (QED) is 0.280. The van der Waals surface area contributed by atoms with Crippen molar-refractivity contribution in [2.45, 2.75) is 43.8 Å². The molecule has 228 valence electrons. The minimum Gasteiger partial charge on any atom is -0.463 e. The molecule has 7 rings (SSSR count). The number of fused-ring (bicyclic) bond motifs is 3. The molecule has 3 unspecified atom stereocenters. The molecule has 1 aliphatic carbocycles. The molecule has 3 aromatic rings. The summed E-state index contributed by atoms with van der Waals surface area (Å²) in [6, 6.07) is 17.3. The average molecular weight is 594 g/mol. The first kappa shape index (κ1) is 28.6. The molecular weight excluding hydrogens is 554 g/mol. The van der Waals surface area contributed by atoms with Gasteiger partial charge in [-0.2, -0.15) is 15.2 Å². The maximum Gasteiger partial charge on any atom is 0.318 e. The van der Waals surface area contributed by atoms with E-state index in [1.54, 1.807) is 4.90 Å². The van der Waals surface area contributed by atoms with Gasteiger partial charge in [0.05, 0.1) is 44.0 Å². The van der Waals surface area contributed by atoms with Crippen molar-refractivity contribution in [2.75, 3.05) is 62.3 Å². The van der Waals surface area contributed by atoms with Crippen LogP contribution in [0.3, 0.4) is 0 Å². The van der Waals surface area contributed by atoms with Crippen LogP contribution < -0.4 is 14.5 Å². The SMILES string of the molecule is C=CC(=O)N1CCN(c2nc(OCCCN3CC4CC43CO)nc3c2CCN(c2cccc4ccccc24)C3)CC1CC#N. The van der Waals surface area contributed by atoms with Crippen LogP contribution >= 0.6 is 0 Å². The first-order valence-electron chi connectivity index (χ1n) is 15.7. The first-order valence-corrected chi connectivity index (χ1v) is 15.7. The van der Waals surface area contributed by atoms with Crippen LogP contribution in [-0.2, 0) is 17.8 Å². The third kappa shape index (κ3) is 5.04. The lowest BCUT2D eigenvalue weighted by Crippen LogP contribution is -2.55. The lowest BCUT2D eigenvalue weighted by molar-refractivity contribution is -0.128. The van der Waals surface area contributed by atoms with E-state index in [1.807, 2.05) is 0 Å². The summed E-state index contributed by atoms with van der Waals surface area (Å²) < 4.78 is 6.21. The number of carbonyl (C=O) groups is 1. The van der Waals surface area contributed by atoms with Gasteiger partial charge in [0.2, 0.25) is 5.91 Å². The molecule has 4 aliphatic rings. The van der Waals surface area contributed by atoms with Crippen molar-refractivity contribution >= 4 is 28.2 Å². The molecule has 0 spiro atoms. The van der Waals surface area contributed by atoms with Crippen molar-refractivity contribution in [3.63, 3.8) is 0 Å². The van der Waals surface area contributed by atoms with Gasteiger partial charge < -0.3 is 24.5 Å². The summed E-state index contributed by atoms with van der Waals surface area (Å²) >= 11 is 0. The van der Waals surface area contributed by atoms with E-state index in [9.17, 15) is 15.2 Å². The number of nitrogens with zero attached hydrogens (tertiary/aromatic N) is 7. The number of ether oxygens (including phenoxy) is 1. The monoisotopic (exact) mass is 593 g/mol. The Labute approximate surface area is 258 Å². The summed E-state index contributed by atoms with van der Waals surface area (Å²) in [6.07, 6.45) is 4.29. The standard InChI is InChI=1S/C34H39N7O3/c1-2-31(43)41-17-16-39(21-26(41)11-13-35)32-28-12-15-38(30-10-5-8-24-7-3-4-9-27(24)30)22-29(28)36-33(37-32)44-18-6-14-40-20-25-19-34(25,40)23-42/h2-5,7-10,25-26,42H,1,6,11-12,14-23H2. The summed E-state index contributed by atoms with van der Waals surface area (Å²) in [6.45, 7) is 9.43. The molecule has 2 aromatic carbocycles. The largest absolute Gasteiger partial charge is 0.463 e. The van der Waals surface area contributed by atoms with Crippen molar-refractivity contribution in [3.8, 4) is 12.1 Å². The number of aliphatic hydroxyl groups excluding tert-OH is 1. The number of aliphatic hydroxyl groups is 1. The van der Waals surface area contributed by atoms with Gasteiger partial charge in [-0.3, -0.25) is 9.69 Å². The number of amides is 1. The second-order valence-corrected chi connectivity index (χ2v) is 12.4. The van der Waals surface area contributed by atoms with Gasteiger partial charge in [0.15, 0.2) is 0 Å². The number of piperazine rings is 1. The van der Waals surface area contributed by atoms with Crippen molar-refractivity contribution < 1.29 is 14.6 Å². The fourth-order valence-corrected chi connectivity index (χ4v) is 7.49. The van der Waals surface area contributed by atoms with Crippen molar-refractivity contribution in [2.24, 2.45) is 5.92 Å². The second kappa shape index (κ2) is 11.7. The van der Waals surface area contributed by atoms with E-state index in [1.165, 1.54) is 22.5 Å². The Morgan fingerprint density at radius 3 is 2.80 bits per heavy atom. The Kier molecular flexibility index (Phi) is 7.60. The van der Waals surface area contributed by atoms with Crippen LogP contribution in [-0.4, -0.2) is 94.8 Å². The Hall–Kier alpha value is -4.20. The Morgan fingerprint density at radius 1 is 1.14 bits per heavy atom. The topological polar surface area (TPSA) is 109 Å². The average Bonchev–Trinajstić information content (AvgIpc) is 3.66. The third-order valence-electron chi connectivity index (χ3n) is 10.0. The van der Waals surface area contributed by atoms with Crippen LogP contribution in [0.2, 0.25) is 0 Å². The van der Waals surface area contributed by atoms with E-state index >= 15 is 0 Å². The zero-order valence-corrected chi connectivity index (χ0v) is 25.1. The van der Waals surface area contributed by atoms with Crippen LogP contribution in [0.15, 0.2) is 55.1 Å². The van der Waals surface area contributed by atoms with E-state index < -0.39 is 0 Å². The number of benzene rings is 2. The van der Waals surface area contributed by atoms with Gasteiger partial charge >= 0.3 is 6.01 Å². The van der Waals surface area contributed by atoms with Crippen LogP contribution in [0.4, 0.5) is 11.5 Å². The molecule has 44 heavy (non-hydrogen) atoms. The van der Waals surface area contributed by atoms with E-state index in [0.29, 0.717) is 44.7 Å². The third-order valence-corrected chi connectivity index (χ3v) is 10.0. The van der Waals surface area contributed by atoms with Gasteiger partial charge in [-0.25, -0.2) is 0 Å². The summed E-state index contributed by atoms with van der Waals surface area (Å²) in [5.74, 6) is 1.36. The summed E-state index contributed by atoms with van der Waals surface area (Å²) in [4.78, 5) is 31.2. The Morgan fingerprint density at radius 2 is 2.00 bits per heavy atom. The molecule has 3 fully saturated rings. The predicted molar refractivity (Wildman–Crippen MR) is 168 cm³/mol. The van der Waals surface area contributed by atoms with Crippen LogP contribution in [0.5, 0.6) is 6.01 Å².